The molecule has 0 aliphatic rings. The van der Waals surface area contributed by atoms with Gasteiger partial charge < -0.3 is 9.72 Å². The van der Waals surface area contributed by atoms with Crippen LogP contribution in [-0.4, -0.2) is 12.1 Å². The first-order valence-corrected chi connectivity index (χ1v) is 3.93. The molecule has 1 heterocycles. The van der Waals surface area contributed by atoms with Crippen LogP contribution in [0.25, 0.3) is 10.9 Å². The molecule has 62 valence electrons. The van der Waals surface area contributed by atoms with E-state index in [2.05, 4.69) is 17.1 Å². The molecule has 0 radical (unpaired) electrons. The number of aromatic nitrogens is 1. The topological polar surface area (TPSA) is 25.0 Å². The monoisotopic (exact) mass is 161 g/mol. The van der Waals surface area contributed by atoms with Crippen molar-refractivity contribution in [2.24, 2.45) is 0 Å². The summed E-state index contributed by atoms with van der Waals surface area (Å²) in [5.41, 5.74) is 2.29. The average Bonchev–Trinajstić information content (AvgIpc) is 2.52. The first-order chi connectivity index (χ1) is 5.83. The lowest BCUT2D eigenvalue weighted by Crippen LogP contribution is -1.86. The van der Waals surface area contributed by atoms with Gasteiger partial charge in [0.2, 0.25) is 0 Å². The van der Waals surface area contributed by atoms with E-state index in [1.807, 2.05) is 19.2 Å². The smallest absolute Gasteiger partial charge is 0.131 e. The summed E-state index contributed by atoms with van der Waals surface area (Å²) in [6, 6.07) is 6.14. The second-order valence-electron chi connectivity index (χ2n) is 2.85. The van der Waals surface area contributed by atoms with Crippen molar-refractivity contribution in [2.75, 3.05) is 7.11 Å². The third-order valence-corrected chi connectivity index (χ3v) is 2.09. The number of H-pyrrole nitrogens is 1. The van der Waals surface area contributed by atoms with Crippen molar-refractivity contribution in [3.8, 4) is 5.75 Å². The first kappa shape index (κ1) is 7.22. The number of ether oxygens (including phenoxy) is 1. The van der Waals surface area contributed by atoms with Crippen LogP contribution in [0.3, 0.4) is 0 Å². The van der Waals surface area contributed by atoms with Gasteiger partial charge in [0.05, 0.1) is 7.11 Å². The Labute approximate surface area is 71.2 Å². The number of methoxy groups -OCH3 is 1. The number of hydrogen-bond donors (Lipinski definition) is 1. The Morgan fingerprint density at radius 1 is 1.25 bits per heavy atom. The average molecular weight is 161 g/mol. The Bertz CT molecular complexity index is 403. The maximum absolute atomic E-state index is 5.30. The highest BCUT2D eigenvalue weighted by atomic mass is 16.5. The molecule has 0 saturated heterocycles. The van der Waals surface area contributed by atoms with Crippen LogP contribution in [0.4, 0.5) is 0 Å². The Morgan fingerprint density at radius 2 is 2.08 bits per heavy atom. The zero-order valence-electron chi connectivity index (χ0n) is 7.22. The van der Waals surface area contributed by atoms with E-state index in [1.54, 1.807) is 7.11 Å². The fourth-order valence-electron chi connectivity index (χ4n) is 1.49. The highest BCUT2D eigenvalue weighted by molar-refractivity contribution is 5.87. The molecule has 0 aliphatic heterocycles. The number of aryl methyl sites for hydroxylation is 1. The molecule has 0 bridgehead atoms. The lowest BCUT2D eigenvalue weighted by molar-refractivity contribution is 0.417. The van der Waals surface area contributed by atoms with Crippen LogP contribution in [0, 0.1) is 6.92 Å². The molecule has 0 amide bonds. The van der Waals surface area contributed by atoms with Crippen molar-refractivity contribution in [1.29, 1.82) is 0 Å². The van der Waals surface area contributed by atoms with E-state index in [4.69, 9.17) is 4.74 Å². The molecule has 2 aromatic rings. The van der Waals surface area contributed by atoms with E-state index < -0.39 is 0 Å². The fraction of sp³-hybridized carbons (Fsp3) is 0.200. The minimum atomic E-state index is 0.966. The lowest BCUT2D eigenvalue weighted by Gasteiger charge is -2.04. The minimum absolute atomic E-state index is 0.966. The van der Waals surface area contributed by atoms with Gasteiger partial charge in [0, 0.05) is 17.1 Å². The van der Waals surface area contributed by atoms with Crippen LogP contribution in [-0.2, 0) is 0 Å². The third kappa shape index (κ3) is 0.881. The number of hydrogen-bond acceptors (Lipinski definition) is 1. The number of rotatable bonds is 1. The number of benzene rings is 1. The van der Waals surface area contributed by atoms with E-state index in [-0.39, 0.29) is 0 Å². The van der Waals surface area contributed by atoms with E-state index in [0.29, 0.717) is 0 Å². The van der Waals surface area contributed by atoms with Crippen LogP contribution in [0.1, 0.15) is 5.56 Å². The maximum Gasteiger partial charge on any atom is 0.131 e. The Hall–Kier alpha value is -1.44. The van der Waals surface area contributed by atoms with Gasteiger partial charge in [-0.15, -0.1) is 0 Å². The van der Waals surface area contributed by atoms with Gasteiger partial charge in [0.15, 0.2) is 0 Å². The number of fused-ring (bicyclic) bond motifs is 1. The van der Waals surface area contributed by atoms with Gasteiger partial charge in [-0.1, -0.05) is 6.07 Å². The highest BCUT2D eigenvalue weighted by Gasteiger charge is 2.03. The molecule has 0 aliphatic carbocycles. The second kappa shape index (κ2) is 2.55. The maximum atomic E-state index is 5.30. The summed E-state index contributed by atoms with van der Waals surface area (Å²) >= 11 is 0. The molecule has 1 aromatic carbocycles. The van der Waals surface area contributed by atoms with E-state index in [0.717, 1.165) is 16.7 Å². The molecule has 0 saturated carbocycles. The van der Waals surface area contributed by atoms with Gasteiger partial charge in [-0.2, -0.15) is 0 Å². The minimum Gasteiger partial charge on any atom is -0.496 e. The molecule has 0 unspecified atom stereocenters. The predicted molar refractivity (Wildman–Crippen MR) is 49.6 cm³/mol. The summed E-state index contributed by atoms with van der Waals surface area (Å²) in [5, 5.41) is 1.15. The molecule has 1 N–H and O–H groups in total. The first-order valence-electron chi connectivity index (χ1n) is 3.93. The quantitative estimate of drug-likeness (QED) is 0.682. The predicted octanol–water partition coefficient (Wildman–Crippen LogP) is 2.48. The van der Waals surface area contributed by atoms with E-state index in [9.17, 15) is 0 Å². The van der Waals surface area contributed by atoms with E-state index >= 15 is 0 Å². The fourth-order valence-corrected chi connectivity index (χ4v) is 1.49. The largest absolute Gasteiger partial charge is 0.496 e. The van der Waals surface area contributed by atoms with Crippen LogP contribution in [0.15, 0.2) is 24.4 Å². The molecule has 2 nitrogen and oxygen atoms in total. The molecular weight excluding hydrogens is 150 g/mol. The lowest BCUT2D eigenvalue weighted by atomic mass is 10.1. The van der Waals surface area contributed by atoms with Crippen LogP contribution in [0.5, 0.6) is 5.75 Å². The number of nitrogens with one attached hydrogen (secondary N) is 1. The molecule has 12 heavy (non-hydrogen) atoms. The van der Waals surface area contributed by atoms with Crippen LogP contribution in [0.2, 0.25) is 0 Å². The molecule has 0 spiro atoms. The summed E-state index contributed by atoms with van der Waals surface area (Å²) in [4.78, 5) is 3.14. The summed E-state index contributed by atoms with van der Waals surface area (Å²) in [6.45, 7) is 2.05. The molecule has 2 heteroatoms. The summed E-state index contributed by atoms with van der Waals surface area (Å²) in [5.74, 6) is 0.966. The van der Waals surface area contributed by atoms with Gasteiger partial charge in [0.1, 0.15) is 5.75 Å². The second-order valence-corrected chi connectivity index (χ2v) is 2.85. The SMILES string of the molecule is COc1c(C)ccc2[nH]ccc12. The van der Waals surface area contributed by atoms with Crippen molar-refractivity contribution in [2.45, 2.75) is 6.92 Å². The highest BCUT2D eigenvalue weighted by Crippen LogP contribution is 2.27. The molecular formula is C10H11NO. The van der Waals surface area contributed by atoms with Gasteiger partial charge >= 0.3 is 0 Å². The summed E-state index contributed by atoms with van der Waals surface area (Å²) in [6.07, 6.45) is 1.92. The number of aromatic amines is 1. The van der Waals surface area contributed by atoms with Crippen molar-refractivity contribution >= 4 is 10.9 Å². The van der Waals surface area contributed by atoms with Gasteiger partial charge in [-0.25, -0.2) is 0 Å². The van der Waals surface area contributed by atoms with E-state index in [1.165, 1.54) is 5.56 Å². The van der Waals surface area contributed by atoms with Crippen molar-refractivity contribution in [3.05, 3.63) is 30.0 Å². The van der Waals surface area contributed by atoms with Crippen molar-refractivity contribution in [1.82, 2.24) is 4.98 Å². The Kier molecular flexibility index (Phi) is 1.54. The Morgan fingerprint density at radius 3 is 2.83 bits per heavy atom. The molecule has 1 aromatic heterocycles. The van der Waals surface area contributed by atoms with Crippen LogP contribution >= 0.6 is 0 Å². The van der Waals surface area contributed by atoms with Crippen molar-refractivity contribution < 1.29 is 4.74 Å². The third-order valence-electron chi connectivity index (χ3n) is 2.09. The zero-order chi connectivity index (χ0) is 8.55. The Balaban J connectivity index is 2.83. The van der Waals surface area contributed by atoms with Crippen molar-refractivity contribution in [3.63, 3.8) is 0 Å². The van der Waals surface area contributed by atoms with Gasteiger partial charge in [0.25, 0.3) is 0 Å². The zero-order valence-corrected chi connectivity index (χ0v) is 7.22. The van der Waals surface area contributed by atoms with Crippen LogP contribution < -0.4 is 4.74 Å². The summed E-state index contributed by atoms with van der Waals surface area (Å²) < 4.78 is 5.30. The molecule has 2 rings (SSSR count). The summed E-state index contributed by atoms with van der Waals surface area (Å²) in [7, 11) is 1.70. The van der Waals surface area contributed by atoms with Gasteiger partial charge in [-0.05, 0) is 24.6 Å². The molecule has 0 atom stereocenters. The normalized spacial score (nSPS) is 10.5. The van der Waals surface area contributed by atoms with Gasteiger partial charge in [-0.3, -0.25) is 0 Å². The standard InChI is InChI=1S/C10H11NO/c1-7-3-4-9-8(5-6-11-9)10(7)12-2/h3-6,11H,1-2H3. The molecule has 0 fully saturated rings.